The van der Waals surface area contributed by atoms with Gasteiger partial charge in [0.25, 0.3) is 0 Å². The number of nitrogens with two attached hydrogens (primary N) is 1. The van der Waals surface area contributed by atoms with Gasteiger partial charge < -0.3 is 5.73 Å². The molecule has 2 N–H and O–H groups in total. The molecule has 0 bridgehead atoms. The van der Waals surface area contributed by atoms with E-state index in [-0.39, 0.29) is 0 Å². The molecule has 0 aromatic heterocycles. The predicted octanol–water partition coefficient (Wildman–Crippen LogP) is -0.674. The molecule has 0 unspecified atom stereocenters. The molecule has 0 saturated carbocycles. The average Bonchev–Trinajstić information content (AvgIpc) is 1.65. The summed E-state index contributed by atoms with van der Waals surface area (Å²) in [6.07, 6.45) is 1.09. The zero-order valence-corrected chi connectivity index (χ0v) is 7.53. The standard InChI is InChI=1S/C4H7N.2Al.2H/c1-2-3-4-5;;;;/h2,5H2,1H3;;;;. The third kappa shape index (κ3) is 3.21. The molecular weight excluding hydrogens is 116 g/mol. The van der Waals surface area contributed by atoms with Gasteiger partial charge in [0.1, 0.15) is 0 Å². The lowest BCUT2D eigenvalue weighted by molar-refractivity contribution is 1.17. The smallest absolute Gasteiger partial charge is 0.247 e. The van der Waals surface area contributed by atoms with E-state index in [1.807, 2.05) is 16.3 Å². The number of rotatable bonds is 1. The van der Waals surface area contributed by atoms with Crippen molar-refractivity contribution in [2.24, 2.45) is 5.73 Å². The van der Waals surface area contributed by atoms with E-state index in [4.69, 9.17) is 5.73 Å². The van der Waals surface area contributed by atoms with Crippen molar-refractivity contribution in [1.82, 2.24) is 0 Å². The maximum Gasteiger partial charge on any atom is 0.247 e. The predicted molar refractivity (Wildman–Crippen MR) is 35.8 cm³/mol. The Labute approximate surface area is 60.8 Å². The van der Waals surface area contributed by atoms with Gasteiger partial charge in [-0.3, -0.25) is 0 Å². The normalized spacial score (nSPS) is 13.3. The van der Waals surface area contributed by atoms with E-state index in [0.29, 0.717) is 0 Å². The number of hydrogen-bond acceptors (Lipinski definition) is 1. The molecule has 0 rings (SSSR count). The zero-order chi connectivity index (χ0) is 5.86. The molecule has 0 heterocycles. The van der Waals surface area contributed by atoms with E-state index < -0.39 is 0 Å². The molecule has 0 aliphatic rings. The minimum absolute atomic E-state index is 1.00. The molecule has 3 heteroatoms. The Morgan fingerprint density at radius 1 is 1.57 bits per heavy atom. The molecule has 7 heavy (non-hydrogen) atoms. The molecule has 0 aromatic carbocycles. The third-order valence-corrected chi connectivity index (χ3v) is 2.84. The summed E-state index contributed by atoms with van der Waals surface area (Å²) < 4.78 is 2.33. The second-order valence-electron chi connectivity index (χ2n) is 1.48. The SMILES string of the molecule is CC/[C]([AlH])=[C](\N)[AlH]. The largest absolute Gasteiger partial charge is 0.419 e. The van der Waals surface area contributed by atoms with Crippen LogP contribution in [0.5, 0.6) is 0 Å². The molecule has 0 spiro atoms. The summed E-state index contributed by atoms with van der Waals surface area (Å²) in [6, 6.07) is 0. The topological polar surface area (TPSA) is 26.0 Å². The van der Waals surface area contributed by atoms with Gasteiger partial charge in [-0.05, 0) is 0 Å². The first-order valence-corrected chi connectivity index (χ1v) is 3.72. The van der Waals surface area contributed by atoms with Gasteiger partial charge >= 0.3 is 0 Å². The Morgan fingerprint density at radius 2 is 2.00 bits per heavy atom. The second kappa shape index (κ2) is 3.59. The average molecular weight is 125 g/mol. The minimum Gasteiger partial charge on any atom is -0.419 e. The van der Waals surface area contributed by atoms with Crippen molar-refractivity contribution in [2.45, 2.75) is 13.3 Å². The highest BCUT2D eigenvalue weighted by molar-refractivity contribution is 6.31. The minimum atomic E-state index is 1.00. The maximum absolute atomic E-state index is 5.45. The van der Waals surface area contributed by atoms with Crippen molar-refractivity contribution in [3.8, 4) is 0 Å². The van der Waals surface area contributed by atoms with E-state index >= 15 is 0 Å². The Morgan fingerprint density at radius 3 is 2.00 bits per heavy atom. The van der Waals surface area contributed by atoms with Crippen LogP contribution in [0, 0.1) is 0 Å². The van der Waals surface area contributed by atoms with E-state index in [0.717, 1.165) is 11.0 Å². The van der Waals surface area contributed by atoms with Crippen LogP contribution in [0.4, 0.5) is 0 Å². The Balaban J connectivity index is 3.72. The highest BCUT2D eigenvalue weighted by Crippen LogP contribution is 1.92. The fraction of sp³-hybridized carbons (Fsp3) is 0.500. The fourth-order valence-electron chi connectivity index (χ4n) is 0.227. The summed E-state index contributed by atoms with van der Waals surface area (Å²) in [5.41, 5.74) is 5.45. The lowest BCUT2D eigenvalue weighted by atomic mass is 10.5. The van der Waals surface area contributed by atoms with E-state index in [1.54, 1.807) is 16.3 Å². The van der Waals surface area contributed by atoms with Crippen LogP contribution in [0.15, 0.2) is 8.99 Å². The molecule has 2 radical (unpaired) electrons. The molecule has 0 aromatic rings. The van der Waals surface area contributed by atoms with Crippen LogP contribution in [0.1, 0.15) is 13.3 Å². The van der Waals surface area contributed by atoms with Crippen molar-refractivity contribution in [3.63, 3.8) is 0 Å². The summed E-state index contributed by atoms with van der Waals surface area (Å²) in [5, 5.41) is 0. The fourth-order valence-corrected chi connectivity index (χ4v) is 0.477. The molecule has 36 valence electrons. The monoisotopic (exact) mass is 125 g/mol. The first-order valence-electron chi connectivity index (χ1n) is 2.31. The lowest BCUT2D eigenvalue weighted by Crippen LogP contribution is -2.00. The lowest BCUT2D eigenvalue weighted by Gasteiger charge is -1.97. The van der Waals surface area contributed by atoms with Gasteiger partial charge in [0.2, 0.25) is 32.6 Å². The van der Waals surface area contributed by atoms with Crippen molar-refractivity contribution in [2.75, 3.05) is 0 Å². The Kier molecular flexibility index (Phi) is 3.90. The summed E-state index contributed by atoms with van der Waals surface area (Å²) >= 11 is 3.63. The van der Waals surface area contributed by atoms with Gasteiger partial charge in [0.15, 0.2) is 0 Å². The Bertz CT molecular complexity index is 83.7. The number of hydrogen-bond donors (Lipinski definition) is 1. The van der Waals surface area contributed by atoms with Crippen LogP contribution in [0.3, 0.4) is 0 Å². The van der Waals surface area contributed by atoms with E-state index in [2.05, 4.69) is 6.92 Å². The van der Waals surface area contributed by atoms with Gasteiger partial charge in [0, 0.05) is 0 Å². The van der Waals surface area contributed by atoms with Gasteiger partial charge in [-0.2, -0.15) is 0 Å². The van der Waals surface area contributed by atoms with Crippen LogP contribution >= 0.6 is 0 Å². The van der Waals surface area contributed by atoms with Gasteiger partial charge in [0.05, 0.1) is 0 Å². The summed E-state index contributed by atoms with van der Waals surface area (Å²) in [4.78, 5) is 0. The van der Waals surface area contributed by atoms with Crippen LogP contribution in [0.2, 0.25) is 0 Å². The molecule has 0 saturated heterocycles. The summed E-state index contributed by atoms with van der Waals surface area (Å²) in [5.74, 6) is 0. The molecule has 0 atom stereocenters. The van der Waals surface area contributed by atoms with Gasteiger partial charge in [-0.1, -0.05) is 13.3 Å². The molecule has 0 fully saturated rings. The van der Waals surface area contributed by atoms with E-state index in [9.17, 15) is 0 Å². The maximum atomic E-state index is 5.45. The van der Waals surface area contributed by atoms with Crippen LogP contribution in [0.25, 0.3) is 0 Å². The first kappa shape index (κ1) is 7.60. The highest BCUT2D eigenvalue weighted by atomic mass is 27.1. The molecule has 0 aliphatic carbocycles. The Hall–Kier alpha value is 0.605. The first-order chi connectivity index (χ1) is 3.18. The third-order valence-electron chi connectivity index (χ3n) is 0.881. The second-order valence-corrected chi connectivity index (χ2v) is 3.10. The van der Waals surface area contributed by atoms with Gasteiger partial charge in [-0.25, -0.2) is 0 Å². The molecule has 0 amide bonds. The van der Waals surface area contributed by atoms with Gasteiger partial charge in [-0.15, -0.1) is 8.99 Å². The quantitative estimate of drug-likeness (QED) is 0.462. The van der Waals surface area contributed by atoms with Crippen molar-refractivity contribution >= 4 is 32.6 Å². The summed E-state index contributed by atoms with van der Waals surface area (Å²) in [7, 11) is 0. The zero-order valence-electron chi connectivity index (χ0n) is 4.70. The van der Waals surface area contributed by atoms with Crippen molar-refractivity contribution in [3.05, 3.63) is 8.99 Å². The highest BCUT2D eigenvalue weighted by Gasteiger charge is 1.82. The molecule has 1 nitrogen and oxygen atoms in total. The molecular formula is C4H9Al2N. The van der Waals surface area contributed by atoms with Crippen LogP contribution in [-0.2, 0) is 0 Å². The van der Waals surface area contributed by atoms with Crippen molar-refractivity contribution < 1.29 is 0 Å². The van der Waals surface area contributed by atoms with Crippen LogP contribution < -0.4 is 5.73 Å². The van der Waals surface area contributed by atoms with Crippen molar-refractivity contribution in [1.29, 1.82) is 0 Å². The van der Waals surface area contributed by atoms with E-state index in [1.165, 1.54) is 4.44 Å². The van der Waals surface area contributed by atoms with Crippen LogP contribution in [-0.4, -0.2) is 32.6 Å². The molecule has 0 aliphatic heterocycles. The number of allylic oxidation sites excluding steroid dienone is 1. The summed E-state index contributed by atoms with van der Waals surface area (Å²) in [6.45, 7) is 2.11.